The summed E-state index contributed by atoms with van der Waals surface area (Å²) in [7, 11) is -5.59. The van der Waals surface area contributed by atoms with Crippen LogP contribution in [-0.2, 0) is 9.84 Å². The second kappa shape index (κ2) is 3.84. The van der Waals surface area contributed by atoms with Crippen LogP contribution in [0.15, 0.2) is 44.4 Å². The van der Waals surface area contributed by atoms with Crippen molar-refractivity contribution in [2.45, 2.75) is 10.4 Å². The van der Waals surface area contributed by atoms with Crippen LogP contribution in [0.25, 0.3) is 11.0 Å². The van der Waals surface area contributed by atoms with E-state index in [4.69, 9.17) is 0 Å². The molecule has 0 N–H and O–H groups in total. The van der Waals surface area contributed by atoms with Crippen LogP contribution in [-0.4, -0.2) is 13.9 Å². The molecular weight excluding hydrogens is 273 g/mol. The van der Waals surface area contributed by atoms with Crippen molar-refractivity contribution in [2.24, 2.45) is 0 Å². The van der Waals surface area contributed by atoms with Crippen molar-refractivity contribution in [1.82, 2.24) is 0 Å². The normalized spacial score (nSPS) is 12.8. The smallest absolute Gasteiger partial charge is 0.423 e. The average Bonchev–Trinajstić information content (AvgIpc) is 2.26. The highest BCUT2D eigenvalue weighted by Gasteiger charge is 2.48. The Kier molecular flexibility index (Phi) is 2.69. The summed E-state index contributed by atoms with van der Waals surface area (Å²) in [6.45, 7) is 0. The Balaban J connectivity index is 2.93. The predicted octanol–water partition coefficient (Wildman–Crippen LogP) is 2.09. The number of hydrogen-bond acceptors (Lipinski definition) is 4. The standard InChI is InChI=1S/C10H5F3O4S/c11-10(12,13)18(15,16)8-5-9(14)17-7-4-2-1-3-6(7)8/h1-5H. The Morgan fingerprint density at radius 3 is 2.33 bits per heavy atom. The van der Waals surface area contributed by atoms with Crippen molar-refractivity contribution in [3.05, 3.63) is 40.8 Å². The van der Waals surface area contributed by atoms with Gasteiger partial charge in [-0.1, -0.05) is 12.1 Å². The first-order chi connectivity index (χ1) is 8.23. The van der Waals surface area contributed by atoms with Crippen LogP contribution in [0.5, 0.6) is 0 Å². The largest absolute Gasteiger partial charge is 0.501 e. The van der Waals surface area contributed by atoms with Crippen molar-refractivity contribution in [2.75, 3.05) is 0 Å². The molecular formula is C10H5F3O4S. The van der Waals surface area contributed by atoms with Crippen LogP contribution in [0.4, 0.5) is 13.2 Å². The summed E-state index contributed by atoms with van der Waals surface area (Å²) in [6.07, 6.45) is 0. The number of benzene rings is 1. The third-order valence-corrected chi connectivity index (χ3v) is 3.73. The molecule has 8 heteroatoms. The topological polar surface area (TPSA) is 64.3 Å². The molecule has 2 aromatic rings. The van der Waals surface area contributed by atoms with Gasteiger partial charge in [-0.2, -0.15) is 13.2 Å². The van der Waals surface area contributed by atoms with E-state index in [0.717, 1.165) is 6.07 Å². The third-order valence-electron chi connectivity index (χ3n) is 2.21. The number of alkyl halides is 3. The molecule has 0 saturated carbocycles. The third kappa shape index (κ3) is 1.88. The quantitative estimate of drug-likeness (QED) is 0.749. The zero-order valence-corrected chi connectivity index (χ0v) is 9.38. The highest BCUT2D eigenvalue weighted by Crippen LogP contribution is 2.33. The van der Waals surface area contributed by atoms with E-state index >= 15 is 0 Å². The number of hydrogen-bond donors (Lipinski definition) is 0. The SMILES string of the molecule is O=c1cc(S(=O)(=O)C(F)(F)F)c2ccccc2o1. The van der Waals surface area contributed by atoms with E-state index in [1.807, 2.05) is 0 Å². The monoisotopic (exact) mass is 278 g/mol. The molecule has 96 valence electrons. The minimum absolute atomic E-state index is 0.215. The number of para-hydroxylation sites is 1. The van der Waals surface area contributed by atoms with Crippen LogP contribution in [0.1, 0.15) is 0 Å². The van der Waals surface area contributed by atoms with Gasteiger partial charge in [-0.05, 0) is 12.1 Å². The zero-order valence-electron chi connectivity index (χ0n) is 8.56. The first-order valence-electron chi connectivity index (χ1n) is 4.58. The molecule has 0 fully saturated rings. The lowest BCUT2D eigenvalue weighted by molar-refractivity contribution is -0.0435. The molecule has 18 heavy (non-hydrogen) atoms. The van der Waals surface area contributed by atoms with Crippen molar-refractivity contribution in [3.8, 4) is 0 Å². The van der Waals surface area contributed by atoms with Gasteiger partial charge in [0.15, 0.2) is 0 Å². The predicted molar refractivity (Wildman–Crippen MR) is 55.7 cm³/mol. The van der Waals surface area contributed by atoms with E-state index in [0.29, 0.717) is 6.07 Å². The van der Waals surface area contributed by atoms with E-state index in [-0.39, 0.29) is 11.0 Å². The summed E-state index contributed by atoms with van der Waals surface area (Å²) in [6, 6.07) is 5.43. The Morgan fingerprint density at radius 1 is 1.11 bits per heavy atom. The Hall–Kier alpha value is -1.83. The number of fused-ring (bicyclic) bond motifs is 1. The molecule has 0 radical (unpaired) electrons. The Morgan fingerprint density at radius 2 is 1.72 bits per heavy atom. The van der Waals surface area contributed by atoms with Crippen LogP contribution in [0.2, 0.25) is 0 Å². The maximum absolute atomic E-state index is 12.5. The lowest BCUT2D eigenvalue weighted by Gasteiger charge is -2.09. The first-order valence-corrected chi connectivity index (χ1v) is 6.06. The van der Waals surface area contributed by atoms with Gasteiger partial charge in [-0.3, -0.25) is 0 Å². The summed E-state index contributed by atoms with van der Waals surface area (Å²) in [5.41, 5.74) is -6.84. The van der Waals surface area contributed by atoms with E-state index in [1.165, 1.54) is 18.2 Å². The molecule has 0 bridgehead atoms. The molecule has 0 saturated heterocycles. The molecule has 0 amide bonds. The minimum Gasteiger partial charge on any atom is -0.423 e. The number of sulfone groups is 1. The highest BCUT2D eigenvalue weighted by molar-refractivity contribution is 7.92. The zero-order chi connectivity index (χ0) is 13.6. The number of rotatable bonds is 1. The maximum atomic E-state index is 12.5. The minimum atomic E-state index is -5.59. The maximum Gasteiger partial charge on any atom is 0.501 e. The van der Waals surface area contributed by atoms with Crippen LogP contribution < -0.4 is 5.63 Å². The van der Waals surface area contributed by atoms with Gasteiger partial charge in [0.2, 0.25) is 0 Å². The van der Waals surface area contributed by atoms with Crippen molar-refractivity contribution >= 4 is 20.8 Å². The second-order valence-electron chi connectivity index (χ2n) is 3.38. The van der Waals surface area contributed by atoms with Gasteiger partial charge in [0.1, 0.15) is 5.58 Å². The fourth-order valence-electron chi connectivity index (χ4n) is 1.43. The van der Waals surface area contributed by atoms with Gasteiger partial charge < -0.3 is 4.42 Å². The lowest BCUT2D eigenvalue weighted by atomic mass is 10.2. The molecule has 1 heterocycles. The van der Waals surface area contributed by atoms with Crippen LogP contribution >= 0.6 is 0 Å². The average molecular weight is 278 g/mol. The summed E-state index contributed by atoms with van der Waals surface area (Å²) < 4.78 is 64.6. The van der Waals surface area contributed by atoms with E-state index < -0.39 is 25.9 Å². The molecule has 0 unspecified atom stereocenters. The molecule has 1 aromatic heterocycles. The van der Waals surface area contributed by atoms with Gasteiger partial charge in [0, 0.05) is 11.5 Å². The molecule has 4 nitrogen and oxygen atoms in total. The van der Waals surface area contributed by atoms with E-state index in [9.17, 15) is 26.4 Å². The van der Waals surface area contributed by atoms with Crippen molar-refractivity contribution in [1.29, 1.82) is 0 Å². The summed E-state index contributed by atoms with van der Waals surface area (Å²) in [5.74, 6) is 0. The van der Waals surface area contributed by atoms with Gasteiger partial charge in [-0.15, -0.1) is 0 Å². The van der Waals surface area contributed by atoms with Crippen molar-refractivity contribution < 1.29 is 26.0 Å². The van der Waals surface area contributed by atoms with Crippen LogP contribution in [0.3, 0.4) is 0 Å². The lowest BCUT2D eigenvalue weighted by Crippen LogP contribution is -2.24. The molecule has 0 aliphatic rings. The number of halogens is 3. The van der Waals surface area contributed by atoms with Crippen molar-refractivity contribution in [3.63, 3.8) is 0 Å². The Labute approximate surface area is 98.6 Å². The first kappa shape index (κ1) is 12.6. The molecule has 1 aromatic carbocycles. The molecule has 0 aliphatic heterocycles. The van der Waals surface area contributed by atoms with Gasteiger partial charge in [0.25, 0.3) is 9.84 Å². The van der Waals surface area contributed by atoms with Gasteiger partial charge in [-0.25, -0.2) is 13.2 Å². The summed E-state index contributed by atoms with van der Waals surface area (Å²) in [4.78, 5) is 9.98. The highest BCUT2D eigenvalue weighted by atomic mass is 32.2. The Bertz CT molecular complexity index is 759. The fraction of sp³-hybridized carbons (Fsp3) is 0.100. The second-order valence-corrected chi connectivity index (χ2v) is 5.28. The van der Waals surface area contributed by atoms with Crippen LogP contribution in [0, 0.1) is 0 Å². The fourth-order valence-corrected chi connectivity index (χ4v) is 2.39. The molecule has 0 atom stereocenters. The summed E-state index contributed by atoms with van der Waals surface area (Å²) in [5, 5.41) is -0.283. The summed E-state index contributed by atoms with van der Waals surface area (Å²) >= 11 is 0. The van der Waals surface area contributed by atoms with Gasteiger partial charge in [0.05, 0.1) is 4.90 Å². The van der Waals surface area contributed by atoms with Gasteiger partial charge >= 0.3 is 11.1 Å². The molecule has 2 rings (SSSR count). The molecule has 0 spiro atoms. The van der Waals surface area contributed by atoms with E-state index in [1.54, 1.807) is 0 Å². The molecule has 0 aliphatic carbocycles. The van der Waals surface area contributed by atoms with E-state index in [2.05, 4.69) is 4.42 Å².